The Morgan fingerprint density at radius 1 is 1.36 bits per heavy atom. The smallest absolute Gasteiger partial charge is 0.338 e. The van der Waals surface area contributed by atoms with Crippen molar-refractivity contribution in [3.63, 3.8) is 0 Å². The van der Waals surface area contributed by atoms with E-state index in [2.05, 4.69) is 16.9 Å². The highest BCUT2D eigenvalue weighted by molar-refractivity contribution is 7.98. The third-order valence-electron chi connectivity index (χ3n) is 5.03. The number of carbonyl (C=O) groups is 1. The van der Waals surface area contributed by atoms with E-state index in [4.69, 9.17) is 4.74 Å². The number of carbonyl (C=O) groups excluding carboxylic acids is 1. The van der Waals surface area contributed by atoms with Crippen LogP contribution in [0, 0.1) is 5.92 Å². The molecule has 4 rings (SSSR count). The minimum absolute atomic E-state index is 0.251. The number of esters is 1. The van der Waals surface area contributed by atoms with Gasteiger partial charge in [0.15, 0.2) is 0 Å². The fourth-order valence-corrected chi connectivity index (χ4v) is 5.96. The predicted octanol–water partition coefficient (Wildman–Crippen LogP) is 5.68. The Morgan fingerprint density at radius 3 is 3.11 bits per heavy atom. The van der Waals surface area contributed by atoms with Crippen molar-refractivity contribution in [1.82, 2.24) is 9.97 Å². The Balaban J connectivity index is 1.54. The molecule has 1 aromatic carbocycles. The molecule has 0 spiro atoms. The standard InChI is InChI=1S/C22H24N2O2S2/c1-3-9-26-22(25)16-6-4-5-15(11-16)12-27-20-19-17-8-7-14(2)10-18(17)28-21(19)24-13-23-20/h4-6,11,13-14H,3,7-10,12H2,1-2H3. The second-order valence-electron chi connectivity index (χ2n) is 7.34. The van der Waals surface area contributed by atoms with Gasteiger partial charge in [0, 0.05) is 16.0 Å². The number of thioether (sulfide) groups is 1. The number of ether oxygens (including phenoxy) is 1. The van der Waals surface area contributed by atoms with Crippen molar-refractivity contribution in [2.24, 2.45) is 5.92 Å². The second kappa shape index (κ2) is 8.62. The molecular weight excluding hydrogens is 388 g/mol. The molecular formula is C22H24N2O2S2. The summed E-state index contributed by atoms with van der Waals surface area (Å²) in [7, 11) is 0. The number of thiophene rings is 1. The monoisotopic (exact) mass is 412 g/mol. The van der Waals surface area contributed by atoms with Gasteiger partial charge in [0.05, 0.1) is 12.2 Å². The van der Waals surface area contributed by atoms with Crippen molar-refractivity contribution < 1.29 is 9.53 Å². The van der Waals surface area contributed by atoms with Crippen LogP contribution in [0.4, 0.5) is 0 Å². The molecule has 0 saturated heterocycles. The van der Waals surface area contributed by atoms with Crippen LogP contribution in [-0.2, 0) is 23.3 Å². The van der Waals surface area contributed by atoms with Crippen LogP contribution in [0.3, 0.4) is 0 Å². The maximum Gasteiger partial charge on any atom is 0.338 e. The first kappa shape index (κ1) is 19.4. The van der Waals surface area contributed by atoms with Gasteiger partial charge in [-0.1, -0.05) is 26.0 Å². The van der Waals surface area contributed by atoms with Crippen LogP contribution in [0.5, 0.6) is 0 Å². The van der Waals surface area contributed by atoms with Crippen LogP contribution < -0.4 is 0 Å². The van der Waals surface area contributed by atoms with E-state index in [1.165, 1.54) is 22.2 Å². The average molecular weight is 413 g/mol. The van der Waals surface area contributed by atoms with Crippen molar-refractivity contribution in [2.45, 2.75) is 50.3 Å². The molecule has 2 heterocycles. The number of rotatable bonds is 6. The van der Waals surface area contributed by atoms with E-state index in [1.807, 2.05) is 42.5 Å². The summed E-state index contributed by atoms with van der Waals surface area (Å²) in [6, 6.07) is 7.70. The molecule has 6 heteroatoms. The Bertz CT molecular complexity index is 999. The van der Waals surface area contributed by atoms with Gasteiger partial charge in [0.2, 0.25) is 0 Å². The summed E-state index contributed by atoms with van der Waals surface area (Å²) in [5, 5.41) is 2.30. The van der Waals surface area contributed by atoms with E-state index in [0.717, 1.165) is 46.4 Å². The molecule has 1 aliphatic rings. The lowest BCUT2D eigenvalue weighted by atomic mass is 9.89. The number of hydrogen-bond acceptors (Lipinski definition) is 6. The second-order valence-corrected chi connectivity index (χ2v) is 9.38. The highest BCUT2D eigenvalue weighted by atomic mass is 32.2. The topological polar surface area (TPSA) is 52.1 Å². The highest BCUT2D eigenvalue weighted by Gasteiger charge is 2.23. The summed E-state index contributed by atoms with van der Waals surface area (Å²) in [6.07, 6.45) is 6.02. The van der Waals surface area contributed by atoms with Gasteiger partial charge in [-0.05, 0) is 54.9 Å². The predicted molar refractivity (Wildman–Crippen MR) is 115 cm³/mol. The Hall–Kier alpha value is -1.92. The van der Waals surface area contributed by atoms with Crippen molar-refractivity contribution in [1.29, 1.82) is 0 Å². The maximum atomic E-state index is 12.1. The lowest BCUT2D eigenvalue weighted by Gasteiger charge is -2.18. The number of aryl methyl sites for hydroxylation is 1. The summed E-state index contributed by atoms with van der Waals surface area (Å²) in [5.74, 6) is 1.26. The number of fused-ring (bicyclic) bond motifs is 3. The van der Waals surface area contributed by atoms with Crippen molar-refractivity contribution >= 4 is 39.3 Å². The molecule has 0 aliphatic heterocycles. The van der Waals surface area contributed by atoms with Crippen molar-refractivity contribution in [3.8, 4) is 0 Å². The van der Waals surface area contributed by atoms with E-state index in [0.29, 0.717) is 12.2 Å². The highest BCUT2D eigenvalue weighted by Crippen LogP contribution is 2.41. The van der Waals surface area contributed by atoms with Crippen LogP contribution in [0.25, 0.3) is 10.2 Å². The first-order valence-corrected chi connectivity index (χ1v) is 11.6. The first-order valence-electron chi connectivity index (χ1n) is 9.79. The molecule has 2 aromatic heterocycles. The van der Waals surface area contributed by atoms with Gasteiger partial charge >= 0.3 is 5.97 Å². The van der Waals surface area contributed by atoms with Gasteiger partial charge in [-0.3, -0.25) is 0 Å². The summed E-state index contributed by atoms with van der Waals surface area (Å²) >= 11 is 3.55. The van der Waals surface area contributed by atoms with Crippen LogP contribution in [0.2, 0.25) is 0 Å². The van der Waals surface area contributed by atoms with Gasteiger partial charge in [0.25, 0.3) is 0 Å². The molecule has 146 valence electrons. The van der Waals surface area contributed by atoms with E-state index >= 15 is 0 Å². The SMILES string of the molecule is CCCOC(=O)c1cccc(CSc2ncnc3sc4c(c23)CCC(C)C4)c1. The molecule has 0 saturated carbocycles. The molecule has 0 fully saturated rings. The van der Waals surface area contributed by atoms with Gasteiger partial charge in [-0.15, -0.1) is 23.1 Å². The zero-order valence-electron chi connectivity index (χ0n) is 16.2. The number of hydrogen-bond donors (Lipinski definition) is 0. The summed E-state index contributed by atoms with van der Waals surface area (Å²) in [6.45, 7) is 4.78. The van der Waals surface area contributed by atoms with E-state index < -0.39 is 0 Å². The summed E-state index contributed by atoms with van der Waals surface area (Å²) in [5.41, 5.74) is 3.17. The van der Waals surface area contributed by atoms with Crippen molar-refractivity contribution in [3.05, 3.63) is 52.2 Å². The quantitative estimate of drug-likeness (QED) is 0.296. The molecule has 0 N–H and O–H groups in total. The molecule has 28 heavy (non-hydrogen) atoms. The Kier molecular flexibility index (Phi) is 5.97. The molecule has 0 radical (unpaired) electrons. The van der Waals surface area contributed by atoms with E-state index in [-0.39, 0.29) is 5.97 Å². The number of aromatic nitrogens is 2. The lowest BCUT2D eigenvalue weighted by molar-refractivity contribution is 0.0505. The van der Waals surface area contributed by atoms with Gasteiger partial charge in [0.1, 0.15) is 16.2 Å². The fraction of sp³-hybridized carbons (Fsp3) is 0.409. The van der Waals surface area contributed by atoms with Crippen LogP contribution >= 0.6 is 23.1 Å². The van der Waals surface area contributed by atoms with Crippen molar-refractivity contribution in [2.75, 3.05) is 6.61 Å². The molecule has 0 amide bonds. The van der Waals surface area contributed by atoms with Gasteiger partial charge in [-0.2, -0.15) is 0 Å². The average Bonchev–Trinajstić information content (AvgIpc) is 3.08. The number of benzene rings is 1. The molecule has 3 aromatic rings. The zero-order valence-corrected chi connectivity index (χ0v) is 17.9. The fourth-order valence-electron chi connectivity index (χ4n) is 3.57. The molecule has 1 aliphatic carbocycles. The summed E-state index contributed by atoms with van der Waals surface area (Å²) in [4.78, 5) is 23.8. The maximum absolute atomic E-state index is 12.1. The van der Waals surface area contributed by atoms with Crippen LogP contribution in [-0.4, -0.2) is 22.5 Å². The third-order valence-corrected chi connectivity index (χ3v) is 7.26. The normalized spacial score (nSPS) is 16.1. The van der Waals surface area contributed by atoms with Crippen LogP contribution in [0.1, 0.15) is 53.1 Å². The van der Waals surface area contributed by atoms with E-state index in [9.17, 15) is 4.79 Å². The van der Waals surface area contributed by atoms with Gasteiger partial charge < -0.3 is 4.74 Å². The minimum atomic E-state index is -0.251. The lowest BCUT2D eigenvalue weighted by Crippen LogP contribution is -2.08. The minimum Gasteiger partial charge on any atom is -0.462 e. The molecule has 4 nitrogen and oxygen atoms in total. The Labute approximate surface area is 173 Å². The summed E-state index contributed by atoms with van der Waals surface area (Å²) < 4.78 is 5.25. The molecule has 1 unspecified atom stereocenters. The molecule has 0 bridgehead atoms. The van der Waals surface area contributed by atoms with E-state index in [1.54, 1.807) is 18.1 Å². The molecule has 1 atom stereocenters. The number of nitrogens with zero attached hydrogens (tertiary/aromatic N) is 2. The van der Waals surface area contributed by atoms with Gasteiger partial charge in [-0.25, -0.2) is 14.8 Å². The first-order chi connectivity index (χ1) is 13.7. The Morgan fingerprint density at radius 2 is 2.25 bits per heavy atom. The third kappa shape index (κ3) is 4.08. The largest absolute Gasteiger partial charge is 0.462 e. The zero-order chi connectivity index (χ0) is 19.5. The van der Waals surface area contributed by atoms with Crippen LogP contribution in [0.15, 0.2) is 35.6 Å².